The molecule has 0 saturated heterocycles. The zero-order valence-corrected chi connectivity index (χ0v) is 14.0. The molecule has 0 aromatic carbocycles. The van der Waals surface area contributed by atoms with Crippen molar-refractivity contribution in [2.45, 2.75) is 71.8 Å². The molecule has 2 heteroatoms. The molecule has 0 aromatic rings. The number of hydrogen-bond donors (Lipinski definition) is 1. The molecule has 0 aliphatic heterocycles. The van der Waals surface area contributed by atoms with E-state index in [1.165, 1.54) is 58.2 Å². The van der Waals surface area contributed by atoms with Gasteiger partial charge in [0.2, 0.25) is 0 Å². The Labute approximate surface area is 121 Å². The van der Waals surface area contributed by atoms with Crippen molar-refractivity contribution in [2.24, 2.45) is 11.8 Å². The van der Waals surface area contributed by atoms with Crippen molar-refractivity contribution in [2.75, 3.05) is 26.7 Å². The lowest BCUT2D eigenvalue weighted by atomic mass is 9.79. The van der Waals surface area contributed by atoms with Gasteiger partial charge in [0.15, 0.2) is 0 Å². The fraction of sp³-hybridized carbons (Fsp3) is 1.00. The van der Waals surface area contributed by atoms with Gasteiger partial charge >= 0.3 is 0 Å². The molecular formula is C17H36N2. The first-order chi connectivity index (χ1) is 8.97. The summed E-state index contributed by atoms with van der Waals surface area (Å²) < 4.78 is 0. The van der Waals surface area contributed by atoms with E-state index < -0.39 is 0 Å². The molecule has 2 nitrogen and oxygen atoms in total. The van der Waals surface area contributed by atoms with Gasteiger partial charge in [0.1, 0.15) is 0 Å². The highest BCUT2D eigenvalue weighted by Gasteiger charge is 2.30. The minimum atomic E-state index is 0.435. The van der Waals surface area contributed by atoms with Crippen LogP contribution in [0.5, 0.6) is 0 Å². The van der Waals surface area contributed by atoms with Gasteiger partial charge < -0.3 is 10.2 Å². The summed E-state index contributed by atoms with van der Waals surface area (Å²) in [6.45, 7) is 13.1. The van der Waals surface area contributed by atoms with E-state index in [0.717, 1.165) is 11.8 Å². The fourth-order valence-corrected chi connectivity index (χ4v) is 3.52. The van der Waals surface area contributed by atoms with Crippen molar-refractivity contribution in [1.82, 2.24) is 10.2 Å². The molecule has 0 radical (unpaired) electrons. The summed E-state index contributed by atoms with van der Waals surface area (Å²) in [5, 5.41) is 3.65. The maximum Gasteiger partial charge on any atom is 0.0190 e. The molecule has 1 fully saturated rings. The van der Waals surface area contributed by atoms with E-state index in [1.807, 2.05) is 0 Å². The third-order valence-electron chi connectivity index (χ3n) is 4.49. The van der Waals surface area contributed by atoms with Gasteiger partial charge in [-0.25, -0.2) is 0 Å². The molecule has 0 aromatic heterocycles. The second-order valence-electron chi connectivity index (χ2n) is 7.39. The van der Waals surface area contributed by atoms with E-state index in [-0.39, 0.29) is 0 Å². The summed E-state index contributed by atoms with van der Waals surface area (Å²) in [7, 11) is 2.17. The van der Waals surface area contributed by atoms with Crippen molar-refractivity contribution >= 4 is 0 Å². The van der Waals surface area contributed by atoms with Crippen LogP contribution in [0.1, 0.15) is 66.2 Å². The van der Waals surface area contributed by atoms with Gasteiger partial charge in [-0.3, -0.25) is 0 Å². The van der Waals surface area contributed by atoms with Crippen LogP contribution in [0.15, 0.2) is 0 Å². The Kier molecular flexibility index (Phi) is 7.38. The Bertz CT molecular complexity index is 219. The molecule has 0 bridgehead atoms. The summed E-state index contributed by atoms with van der Waals surface area (Å²) >= 11 is 0. The first kappa shape index (κ1) is 17.0. The lowest BCUT2D eigenvalue weighted by molar-refractivity contribution is 0.162. The molecule has 0 spiro atoms. The standard InChI is InChI=1S/C17H36N2/c1-15(2)13-19(14-16(3)4)12-11-17(18-5)9-7-6-8-10-17/h15-16,18H,6-14H2,1-5H3. The highest BCUT2D eigenvalue weighted by atomic mass is 15.1. The van der Waals surface area contributed by atoms with Gasteiger partial charge in [-0.2, -0.15) is 0 Å². The zero-order chi connectivity index (χ0) is 14.3. The molecule has 0 heterocycles. The lowest BCUT2D eigenvalue weighted by Gasteiger charge is -2.39. The first-order valence-electron chi connectivity index (χ1n) is 8.39. The van der Waals surface area contributed by atoms with Crippen LogP contribution >= 0.6 is 0 Å². The summed E-state index contributed by atoms with van der Waals surface area (Å²) in [6, 6.07) is 0. The molecule has 1 saturated carbocycles. The van der Waals surface area contributed by atoms with E-state index in [2.05, 4.69) is 45.0 Å². The quantitative estimate of drug-likeness (QED) is 0.718. The number of rotatable bonds is 8. The molecule has 0 unspecified atom stereocenters. The highest BCUT2D eigenvalue weighted by Crippen LogP contribution is 2.31. The van der Waals surface area contributed by atoms with Crippen LogP contribution in [0.25, 0.3) is 0 Å². The molecule has 0 atom stereocenters. The maximum absolute atomic E-state index is 3.65. The van der Waals surface area contributed by atoms with Gasteiger partial charge in [-0.15, -0.1) is 0 Å². The van der Waals surface area contributed by atoms with E-state index in [0.29, 0.717) is 5.54 Å². The largest absolute Gasteiger partial charge is 0.314 e. The SMILES string of the molecule is CNC1(CCN(CC(C)C)CC(C)C)CCCCC1. The Morgan fingerprint density at radius 3 is 1.89 bits per heavy atom. The topological polar surface area (TPSA) is 15.3 Å². The fourth-order valence-electron chi connectivity index (χ4n) is 3.52. The summed E-state index contributed by atoms with van der Waals surface area (Å²) in [5.74, 6) is 1.55. The summed E-state index contributed by atoms with van der Waals surface area (Å²) in [6.07, 6.45) is 8.33. The smallest absolute Gasteiger partial charge is 0.0190 e. The number of hydrogen-bond acceptors (Lipinski definition) is 2. The van der Waals surface area contributed by atoms with Crippen LogP contribution in [-0.4, -0.2) is 37.1 Å². The minimum absolute atomic E-state index is 0.435. The second-order valence-corrected chi connectivity index (χ2v) is 7.39. The van der Waals surface area contributed by atoms with Gasteiger partial charge in [-0.05, 0) is 44.7 Å². The molecule has 1 aliphatic rings. The number of nitrogens with zero attached hydrogens (tertiary/aromatic N) is 1. The Morgan fingerprint density at radius 2 is 1.47 bits per heavy atom. The zero-order valence-electron chi connectivity index (χ0n) is 14.0. The Balaban J connectivity index is 2.48. The summed E-state index contributed by atoms with van der Waals surface area (Å²) in [4.78, 5) is 2.68. The van der Waals surface area contributed by atoms with E-state index in [1.54, 1.807) is 0 Å². The van der Waals surface area contributed by atoms with Crippen LogP contribution in [-0.2, 0) is 0 Å². The Hall–Kier alpha value is -0.0800. The van der Waals surface area contributed by atoms with Crippen molar-refractivity contribution in [3.8, 4) is 0 Å². The predicted molar refractivity (Wildman–Crippen MR) is 85.6 cm³/mol. The van der Waals surface area contributed by atoms with Gasteiger partial charge in [0.25, 0.3) is 0 Å². The first-order valence-corrected chi connectivity index (χ1v) is 8.39. The summed E-state index contributed by atoms with van der Waals surface area (Å²) in [5.41, 5.74) is 0.435. The lowest BCUT2D eigenvalue weighted by Crippen LogP contribution is -2.47. The Morgan fingerprint density at radius 1 is 0.947 bits per heavy atom. The van der Waals surface area contributed by atoms with Crippen molar-refractivity contribution in [3.63, 3.8) is 0 Å². The van der Waals surface area contributed by atoms with E-state index in [9.17, 15) is 0 Å². The molecule has 1 rings (SSSR count). The normalized spacial score (nSPS) is 19.6. The predicted octanol–water partition coefficient (Wildman–Crippen LogP) is 3.91. The second kappa shape index (κ2) is 8.26. The van der Waals surface area contributed by atoms with E-state index in [4.69, 9.17) is 0 Å². The molecule has 1 aliphatic carbocycles. The minimum Gasteiger partial charge on any atom is -0.314 e. The van der Waals surface area contributed by atoms with Crippen molar-refractivity contribution in [1.29, 1.82) is 0 Å². The van der Waals surface area contributed by atoms with Crippen LogP contribution in [0.3, 0.4) is 0 Å². The van der Waals surface area contributed by atoms with Crippen LogP contribution in [0, 0.1) is 11.8 Å². The highest BCUT2D eigenvalue weighted by molar-refractivity contribution is 4.90. The average Bonchev–Trinajstić information content (AvgIpc) is 2.36. The number of nitrogens with one attached hydrogen (secondary N) is 1. The molecular weight excluding hydrogens is 232 g/mol. The third-order valence-corrected chi connectivity index (χ3v) is 4.49. The van der Waals surface area contributed by atoms with E-state index >= 15 is 0 Å². The van der Waals surface area contributed by atoms with Crippen LogP contribution in [0.2, 0.25) is 0 Å². The molecule has 1 N–H and O–H groups in total. The van der Waals surface area contributed by atoms with Crippen LogP contribution in [0.4, 0.5) is 0 Å². The van der Waals surface area contributed by atoms with Crippen LogP contribution < -0.4 is 5.32 Å². The molecule has 19 heavy (non-hydrogen) atoms. The maximum atomic E-state index is 3.65. The van der Waals surface area contributed by atoms with Gasteiger partial charge in [-0.1, -0.05) is 47.0 Å². The van der Waals surface area contributed by atoms with Crippen molar-refractivity contribution in [3.05, 3.63) is 0 Å². The molecule has 114 valence electrons. The van der Waals surface area contributed by atoms with Gasteiger partial charge in [0.05, 0.1) is 0 Å². The van der Waals surface area contributed by atoms with Crippen molar-refractivity contribution < 1.29 is 0 Å². The monoisotopic (exact) mass is 268 g/mol. The average molecular weight is 268 g/mol. The molecule has 0 amide bonds. The third kappa shape index (κ3) is 6.27. The van der Waals surface area contributed by atoms with Gasteiger partial charge in [0, 0.05) is 18.6 Å².